The number of rotatable bonds is 2. The summed E-state index contributed by atoms with van der Waals surface area (Å²) in [7, 11) is -1.47. The highest BCUT2D eigenvalue weighted by Crippen LogP contribution is 2.18. The Balaban J connectivity index is 0.000000250. The minimum absolute atomic E-state index is 0.891. The first kappa shape index (κ1) is 15.5. The molecule has 0 N–H and O–H groups in total. The zero-order valence-corrected chi connectivity index (χ0v) is 13.4. The lowest BCUT2D eigenvalue weighted by Gasteiger charge is -2.19. The molecule has 0 saturated carbocycles. The van der Waals surface area contributed by atoms with Crippen LogP contribution in [0.25, 0.3) is 0 Å². The van der Waals surface area contributed by atoms with Crippen molar-refractivity contribution in [3.63, 3.8) is 0 Å². The average molecular weight is 270 g/mol. The van der Waals surface area contributed by atoms with Crippen LogP contribution in [0.5, 0.6) is 5.75 Å². The van der Waals surface area contributed by atoms with Gasteiger partial charge in [0.25, 0.3) is 0 Å². The summed E-state index contributed by atoms with van der Waals surface area (Å²) >= 11 is 0. The predicted octanol–water partition coefficient (Wildman–Crippen LogP) is 4.80. The molecule has 2 rings (SSSR count). The Hall–Kier alpha value is -1.54. The lowest BCUT2D eigenvalue weighted by atomic mass is 10.1. The smallest absolute Gasteiger partial charge is 0.242 e. The van der Waals surface area contributed by atoms with Crippen LogP contribution in [0.4, 0.5) is 0 Å². The largest absolute Gasteiger partial charge is 0.544 e. The normalized spacial score (nSPS) is 10.4. The van der Waals surface area contributed by atoms with Crippen molar-refractivity contribution in [1.29, 1.82) is 0 Å². The molecule has 0 aromatic heterocycles. The van der Waals surface area contributed by atoms with Crippen molar-refractivity contribution < 1.29 is 4.43 Å². The topological polar surface area (TPSA) is 9.23 Å². The first-order valence-corrected chi connectivity index (χ1v) is 9.88. The third kappa shape index (κ3) is 6.82. The molecule has 100 valence electrons. The van der Waals surface area contributed by atoms with Gasteiger partial charge in [0, 0.05) is 6.07 Å². The highest BCUT2D eigenvalue weighted by molar-refractivity contribution is 6.70. The Morgan fingerprint density at radius 3 is 1.95 bits per heavy atom. The van der Waals surface area contributed by atoms with E-state index in [0.29, 0.717) is 0 Å². The summed E-state index contributed by atoms with van der Waals surface area (Å²) in [5.74, 6) is 0.891. The summed E-state index contributed by atoms with van der Waals surface area (Å²) in [6, 6.07) is 19.7. The van der Waals surface area contributed by atoms with Gasteiger partial charge in [-0.1, -0.05) is 30.3 Å². The zero-order chi connectivity index (χ0) is 14.3. The fourth-order valence-electron chi connectivity index (χ4n) is 1.38. The Bertz CT molecular complexity index is 460. The van der Waals surface area contributed by atoms with Crippen LogP contribution in [0.15, 0.2) is 42.5 Å². The zero-order valence-electron chi connectivity index (χ0n) is 12.4. The molecule has 0 atom stereocenters. The van der Waals surface area contributed by atoms with Gasteiger partial charge in [-0.25, -0.2) is 0 Å². The van der Waals surface area contributed by atoms with Crippen molar-refractivity contribution in [3.8, 4) is 5.75 Å². The van der Waals surface area contributed by atoms with Crippen LogP contribution in [0, 0.1) is 26.0 Å². The second-order valence-electron chi connectivity index (χ2n) is 5.46. The van der Waals surface area contributed by atoms with E-state index in [-0.39, 0.29) is 0 Å². The fraction of sp³-hybridized carbons (Fsp3) is 0.294. The standard InChI is InChI=1S/C11H17OSi.C6H5/c1-9-6-7-11(8-10(9)2)12-13(3,4)5;1-2-4-6-5-3-1/h6,8H,1-5H3;1-5H. The van der Waals surface area contributed by atoms with Gasteiger partial charge in [0.2, 0.25) is 8.32 Å². The Kier molecular flexibility index (Phi) is 5.83. The quantitative estimate of drug-likeness (QED) is 0.712. The van der Waals surface area contributed by atoms with E-state index in [1.807, 2.05) is 36.4 Å². The molecule has 1 nitrogen and oxygen atoms in total. The molecular weight excluding hydrogens is 248 g/mol. The van der Waals surface area contributed by atoms with Crippen LogP contribution >= 0.6 is 0 Å². The molecule has 0 aliphatic rings. The van der Waals surface area contributed by atoms with Crippen LogP contribution in [0.1, 0.15) is 11.1 Å². The molecule has 0 spiro atoms. The molecule has 2 radical (unpaired) electrons. The minimum atomic E-state index is -1.47. The van der Waals surface area contributed by atoms with Crippen LogP contribution in [0.3, 0.4) is 0 Å². The molecule has 2 aromatic carbocycles. The SMILES string of the molecule is Cc1c[c]c(O[Si](C)(C)C)cc1C.[c]1ccccc1. The molecular formula is C17H22OSi. The van der Waals surface area contributed by atoms with Gasteiger partial charge in [-0.3, -0.25) is 0 Å². The van der Waals surface area contributed by atoms with Gasteiger partial charge in [-0.15, -0.1) is 0 Å². The predicted molar refractivity (Wildman–Crippen MR) is 84.0 cm³/mol. The number of benzene rings is 2. The van der Waals surface area contributed by atoms with Crippen LogP contribution in [-0.4, -0.2) is 8.32 Å². The highest BCUT2D eigenvalue weighted by atomic mass is 28.4. The maximum Gasteiger partial charge on any atom is 0.242 e. The van der Waals surface area contributed by atoms with Crippen molar-refractivity contribution >= 4 is 8.32 Å². The van der Waals surface area contributed by atoms with Crippen molar-refractivity contribution in [2.45, 2.75) is 33.5 Å². The van der Waals surface area contributed by atoms with E-state index in [1.165, 1.54) is 11.1 Å². The summed E-state index contributed by atoms with van der Waals surface area (Å²) in [6.07, 6.45) is 0. The molecule has 2 aromatic rings. The number of aryl methyl sites for hydroxylation is 2. The highest BCUT2D eigenvalue weighted by Gasteiger charge is 2.16. The van der Waals surface area contributed by atoms with E-state index >= 15 is 0 Å². The van der Waals surface area contributed by atoms with Gasteiger partial charge in [-0.05, 0) is 62.8 Å². The van der Waals surface area contributed by atoms with Gasteiger partial charge in [-0.2, -0.15) is 0 Å². The number of hydrogen-bond donors (Lipinski definition) is 0. The first-order valence-electron chi connectivity index (χ1n) is 6.47. The minimum Gasteiger partial charge on any atom is -0.544 e. The molecule has 0 fully saturated rings. The molecule has 0 amide bonds. The first-order chi connectivity index (χ1) is 8.88. The van der Waals surface area contributed by atoms with E-state index in [9.17, 15) is 0 Å². The molecule has 19 heavy (non-hydrogen) atoms. The summed E-state index contributed by atoms with van der Waals surface area (Å²) in [5.41, 5.74) is 2.54. The third-order valence-electron chi connectivity index (χ3n) is 2.42. The number of hydrogen-bond acceptors (Lipinski definition) is 1. The summed E-state index contributed by atoms with van der Waals surface area (Å²) in [5, 5.41) is 0. The summed E-state index contributed by atoms with van der Waals surface area (Å²) in [4.78, 5) is 0. The molecule has 0 aliphatic heterocycles. The fourth-order valence-corrected chi connectivity index (χ4v) is 2.15. The molecule has 0 heterocycles. The van der Waals surface area contributed by atoms with Crippen molar-refractivity contribution in [1.82, 2.24) is 0 Å². The van der Waals surface area contributed by atoms with Gasteiger partial charge < -0.3 is 4.43 Å². The van der Waals surface area contributed by atoms with E-state index in [0.717, 1.165) is 5.75 Å². The molecule has 2 heteroatoms. The van der Waals surface area contributed by atoms with Gasteiger partial charge >= 0.3 is 0 Å². The van der Waals surface area contributed by atoms with Crippen molar-refractivity contribution in [2.75, 3.05) is 0 Å². The van der Waals surface area contributed by atoms with E-state index in [1.54, 1.807) is 0 Å². The Morgan fingerprint density at radius 1 is 0.947 bits per heavy atom. The third-order valence-corrected chi connectivity index (χ3v) is 3.26. The second-order valence-corrected chi connectivity index (χ2v) is 9.88. The average Bonchev–Trinajstić information content (AvgIpc) is 2.35. The van der Waals surface area contributed by atoms with E-state index < -0.39 is 8.32 Å². The molecule has 0 saturated heterocycles. The van der Waals surface area contributed by atoms with Crippen molar-refractivity contribution in [2.24, 2.45) is 0 Å². The molecule has 0 unspecified atom stereocenters. The van der Waals surface area contributed by atoms with Gasteiger partial charge in [0.05, 0.1) is 0 Å². The van der Waals surface area contributed by atoms with E-state index in [2.05, 4.69) is 51.7 Å². The Labute approximate surface area is 118 Å². The van der Waals surface area contributed by atoms with Crippen LogP contribution < -0.4 is 4.43 Å². The maximum atomic E-state index is 5.82. The van der Waals surface area contributed by atoms with Crippen LogP contribution in [-0.2, 0) is 0 Å². The lowest BCUT2D eigenvalue weighted by Crippen LogP contribution is -2.29. The molecule has 0 bridgehead atoms. The van der Waals surface area contributed by atoms with Crippen molar-refractivity contribution in [3.05, 3.63) is 65.7 Å². The second kappa shape index (κ2) is 7.15. The lowest BCUT2D eigenvalue weighted by molar-refractivity contribution is 0.556. The van der Waals surface area contributed by atoms with Crippen LogP contribution in [0.2, 0.25) is 19.6 Å². The molecule has 0 aliphatic carbocycles. The maximum absolute atomic E-state index is 5.82. The van der Waals surface area contributed by atoms with Gasteiger partial charge in [0.15, 0.2) is 0 Å². The summed E-state index contributed by atoms with van der Waals surface area (Å²) < 4.78 is 5.82. The Morgan fingerprint density at radius 2 is 1.58 bits per heavy atom. The van der Waals surface area contributed by atoms with Gasteiger partial charge in [0.1, 0.15) is 5.75 Å². The summed E-state index contributed by atoms with van der Waals surface area (Å²) in [6.45, 7) is 10.7. The van der Waals surface area contributed by atoms with E-state index in [4.69, 9.17) is 4.43 Å². The monoisotopic (exact) mass is 270 g/mol.